The minimum Gasteiger partial charge on any atom is -0.542 e. The third-order valence-corrected chi connectivity index (χ3v) is 5.82. The number of amides is 1. The second-order valence-electron chi connectivity index (χ2n) is 5.32. The van der Waals surface area contributed by atoms with Crippen molar-refractivity contribution in [1.29, 1.82) is 0 Å². The number of thioether (sulfide) groups is 1. The van der Waals surface area contributed by atoms with Crippen LogP contribution in [0.25, 0.3) is 0 Å². The van der Waals surface area contributed by atoms with E-state index in [1.165, 1.54) is 25.0 Å². The van der Waals surface area contributed by atoms with Gasteiger partial charge in [0.1, 0.15) is 6.04 Å². The fourth-order valence-corrected chi connectivity index (χ4v) is 4.71. The van der Waals surface area contributed by atoms with E-state index < -0.39 is 38.7 Å². The minimum atomic E-state index is -3.54. The summed E-state index contributed by atoms with van der Waals surface area (Å²) in [5.41, 5.74) is 0. The van der Waals surface area contributed by atoms with Crippen molar-refractivity contribution >= 4 is 39.9 Å². The van der Waals surface area contributed by atoms with Gasteiger partial charge in [0, 0.05) is 37.5 Å². The van der Waals surface area contributed by atoms with E-state index in [0.717, 1.165) is 10.6 Å². The van der Waals surface area contributed by atoms with Crippen LogP contribution in [0.3, 0.4) is 0 Å². The zero-order chi connectivity index (χ0) is 18.4. The second kappa shape index (κ2) is 10.9. The van der Waals surface area contributed by atoms with Crippen molar-refractivity contribution in [3.05, 3.63) is 6.92 Å². The summed E-state index contributed by atoms with van der Waals surface area (Å²) in [5.74, 6) is -1.63. The maximum atomic E-state index is 12.3. The van der Waals surface area contributed by atoms with Gasteiger partial charge in [-0.2, -0.15) is 17.6 Å². The second-order valence-corrected chi connectivity index (χ2v) is 8.86. The number of hydrogen-bond acceptors (Lipinski definition) is 6. The molecule has 2 N–H and O–H groups in total. The van der Waals surface area contributed by atoms with Gasteiger partial charge in [0.15, 0.2) is 0 Å². The summed E-state index contributed by atoms with van der Waals surface area (Å²) >= 11 is 1.34. The maximum Gasteiger partial charge on any atom is 0.323 e. The number of carbonyl (C=O) groups is 2. The molecule has 0 aromatic heterocycles. The Kier molecular flexibility index (Phi) is 11.8. The van der Waals surface area contributed by atoms with E-state index in [-0.39, 0.29) is 45.0 Å². The van der Waals surface area contributed by atoms with Crippen molar-refractivity contribution in [2.24, 2.45) is 0 Å². The fourth-order valence-electron chi connectivity index (χ4n) is 1.97. The topological polar surface area (TPSA) is 121 Å². The van der Waals surface area contributed by atoms with Gasteiger partial charge in [-0.1, -0.05) is 0 Å². The molecule has 0 saturated carbocycles. The SMILES string of the molecule is C[C-]=O.[CH2-]C[C@H](NC(=O)[C@H]1N(S(C)(=O)=O)CSC1(C)C)C(=O)O.[Y]. The molecule has 8 nitrogen and oxygen atoms in total. The Morgan fingerprint density at radius 3 is 2.29 bits per heavy atom. The fraction of sp³-hybridized carbons (Fsp3) is 0.692. The van der Waals surface area contributed by atoms with Gasteiger partial charge in [0.2, 0.25) is 15.9 Å². The molecule has 0 aliphatic carbocycles. The number of carbonyl (C=O) groups excluding carboxylic acids is 2. The predicted molar refractivity (Wildman–Crippen MR) is 87.9 cm³/mol. The number of carboxylic acid groups (broad SMARTS) is 1. The molecule has 1 heterocycles. The molecule has 1 rings (SSSR count). The molecule has 1 aliphatic heterocycles. The predicted octanol–water partition coefficient (Wildman–Crippen LogP) is 0.00659. The molecular weight excluding hydrogens is 433 g/mol. The van der Waals surface area contributed by atoms with Gasteiger partial charge in [-0.05, 0) is 13.8 Å². The van der Waals surface area contributed by atoms with Crippen molar-refractivity contribution in [1.82, 2.24) is 9.62 Å². The zero-order valence-electron chi connectivity index (χ0n) is 14.1. The van der Waals surface area contributed by atoms with E-state index in [2.05, 4.69) is 12.2 Å². The van der Waals surface area contributed by atoms with Crippen LogP contribution in [-0.4, -0.2) is 65.0 Å². The number of carboxylic acids is 1. The Morgan fingerprint density at radius 1 is 1.50 bits per heavy atom. The molecular formula is C13H22N2O6S2Y-2. The number of hydrogen-bond donors (Lipinski definition) is 2. The molecule has 1 saturated heterocycles. The first-order valence-corrected chi connectivity index (χ1v) is 9.47. The minimum absolute atomic E-state index is 0. The molecule has 2 atom stereocenters. The van der Waals surface area contributed by atoms with Crippen molar-refractivity contribution in [2.45, 2.75) is 44.0 Å². The van der Waals surface area contributed by atoms with Gasteiger partial charge in [-0.3, -0.25) is 15.9 Å². The van der Waals surface area contributed by atoms with Crippen molar-refractivity contribution < 1.29 is 60.6 Å². The molecule has 1 amide bonds. The van der Waals surface area contributed by atoms with Gasteiger partial charge < -0.3 is 22.1 Å². The molecule has 0 aromatic rings. The molecule has 1 aliphatic rings. The summed E-state index contributed by atoms with van der Waals surface area (Å²) < 4.78 is 23.9. The molecule has 137 valence electrons. The largest absolute Gasteiger partial charge is 0.542 e. The molecule has 0 aromatic carbocycles. The summed E-state index contributed by atoms with van der Waals surface area (Å²) in [6.45, 7) is 8.29. The Hall–Kier alpha value is -0.0261. The van der Waals surface area contributed by atoms with Crippen LogP contribution in [0.15, 0.2) is 0 Å². The number of sulfonamides is 1. The molecule has 0 unspecified atom stereocenters. The Bertz CT molecular complexity index is 553. The third kappa shape index (κ3) is 7.47. The van der Waals surface area contributed by atoms with Crippen molar-refractivity contribution in [2.75, 3.05) is 12.1 Å². The first-order chi connectivity index (χ1) is 10.4. The maximum absolute atomic E-state index is 12.3. The van der Waals surface area contributed by atoms with Crippen LogP contribution < -0.4 is 5.32 Å². The quantitative estimate of drug-likeness (QED) is 0.560. The van der Waals surface area contributed by atoms with E-state index in [4.69, 9.17) is 9.90 Å². The van der Waals surface area contributed by atoms with Crippen LogP contribution in [0.1, 0.15) is 27.2 Å². The van der Waals surface area contributed by atoms with Crippen LogP contribution in [0.4, 0.5) is 0 Å². The summed E-state index contributed by atoms with van der Waals surface area (Å²) in [7, 11) is -3.54. The van der Waals surface area contributed by atoms with Crippen LogP contribution in [0, 0.1) is 6.92 Å². The molecule has 11 heteroatoms. The summed E-state index contributed by atoms with van der Waals surface area (Å²) in [5, 5.41) is 11.3. The van der Waals surface area contributed by atoms with Crippen molar-refractivity contribution in [3.8, 4) is 0 Å². The number of nitrogens with zero attached hydrogens (tertiary/aromatic N) is 1. The first-order valence-electron chi connectivity index (χ1n) is 6.64. The summed E-state index contributed by atoms with van der Waals surface area (Å²) in [6, 6.07) is -2.05. The van der Waals surface area contributed by atoms with Gasteiger partial charge >= 0.3 is 5.97 Å². The average molecular weight is 455 g/mol. The van der Waals surface area contributed by atoms with E-state index in [0.29, 0.717) is 0 Å². The molecule has 1 fully saturated rings. The van der Waals surface area contributed by atoms with Gasteiger partial charge in [-0.15, -0.1) is 11.8 Å². The van der Waals surface area contributed by atoms with E-state index in [1.807, 2.05) is 0 Å². The molecule has 0 spiro atoms. The summed E-state index contributed by atoms with van der Waals surface area (Å²) in [4.78, 5) is 31.9. The van der Waals surface area contributed by atoms with Crippen LogP contribution in [0.2, 0.25) is 0 Å². The van der Waals surface area contributed by atoms with E-state index in [9.17, 15) is 18.0 Å². The standard InChI is InChI=1S/C11H19N2O5S2.C2H3O.Y/c1-5-7(10(15)16)12-9(14)8-11(2,3)19-6-13(8)20(4,17)18;1-2-3;/h7-8H,1,5-6H2,2-4H3,(H,12,14)(H,15,16);1H3;/q2*-1;/t7-,8+;;/m0../s1. The van der Waals surface area contributed by atoms with Crippen molar-refractivity contribution in [3.63, 3.8) is 0 Å². The third-order valence-electron chi connectivity index (χ3n) is 3.09. The van der Waals surface area contributed by atoms with Gasteiger partial charge in [-0.25, -0.2) is 8.42 Å². The molecule has 24 heavy (non-hydrogen) atoms. The molecule has 1 radical (unpaired) electrons. The Balaban J connectivity index is 0. The zero-order valence-corrected chi connectivity index (χ0v) is 18.6. The smallest absolute Gasteiger partial charge is 0.323 e. The first kappa shape index (κ1) is 26.2. The average Bonchev–Trinajstić information content (AvgIpc) is 2.71. The Labute approximate surface area is 172 Å². The summed E-state index contributed by atoms with van der Waals surface area (Å²) in [6.07, 6.45) is 2.52. The van der Waals surface area contributed by atoms with E-state index >= 15 is 0 Å². The van der Waals surface area contributed by atoms with Gasteiger partial charge in [0.25, 0.3) is 0 Å². The monoisotopic (exact) mass is 455 g/mol. The Morgan fingerprint density at radius 2 is 1.96 bits per heavy atom. The number of nitrogens with one attached hydrogen (secondary N) is 1. The number of aliphatic carboxylic acids is 1. The number of rotatable bonds is 5. The van der Waals surface area contributed by atoms with E-state index in [1.54, 1.807) is 13.8 Å². The molecule has 0 bridgehead atoms. The van der Waals surface area contributed by atoms with Crippen LogP contribution >= 0.6 is 11.8 Å². The van der Waals surface area contributed by atoms with Crippen LogP contribution in [-0.2, 0) is 57.1 Å². The van der Waals surface area contributed by atoms with Crippen LogP contribution in [0.5, 0.6) is 0 Å². The normalized spacial score (nSPS) is 20.8. The van der Waals surface area contributed by atoms with Gasteiger partial charge in [0.05, 0.1) is 18.2 Å².